The van der Waals surface area contributed by atoms with Crippen LogP contribution in [0.4, 0.5) is 0 Å². The first-order valence-electron chi connectivity index (χ1n) is 7.72. The topological polar surface area (TPSA) is 113 Å². The molecule has 132 valence electrons. The second kappa shape index (κ2) is 6.04. The number of pyridine rings is 2. The first kappa shape index (κ1) is 16.4. The highest BCUT2D eigenvalue weighted by Gasteiger charge is 2.12. The van der Waals surface area contributed by atoms with Crippen molar-refractivity contribution in [3.63, 3.8) is 0 Å². The molecule has 0 aliphatic rings. The smallest absolute Gasteiger partial charge is 0.238 e. The summed E-state index contributed by atoms with van der Waals surface area (Å²) >= 11 is 0. The van der Waals surface area contributed by atoms with Gasteiger partial charge >= 0.3 is 0 Å². The number of imidazole rings is 1. The van der Waals surface area contributed by atoms with Crippen molar-refractivity contribution >= 4 is 32.1 Å². The molecule has 0 aliphatic heterocycles. The molecule has 0 unspecified atom stereocenters. The van der Waals surface area contributed by atoms with E-state index in [0.717, 1.165) is 22.0 Å². The lowest BCUT2D eigenvalue weighted by atomic mass is 10.2. The second-order valence-electron chi connectivity index (χ2n) is 5.78. The monoisotopic (exact) mass is 369 g/mol. The average Bonchev–Trinajstić information content (AvgIpc) is 3.04. The largest absolute Gasteiger partial charge is 0.481 e. The Kier molecular flexibility index (Phi) is 3.82. The molecule has 0 fully saturated rings. The number of primary sulfonamides is 1. The van der Waals surface area contributed by atoms with Gasteiger partial charge in [0.2, 0.25) is 15.9 Å². The number of benzene rings is 1. The fraction of sp³-hybridized carbons (Fsp3) is 0.118. The Labute approximate surface area is 149 Å². The normalized spacial score (nSPS) is 11.9. The van der Waals surface area contributed by atoms with E-state index in [1.54, 1.807) is 37.8 Å². The molecule has 1 aromatic carbocycles. The first-order valence-corrected chi connectivity index (χ1v) is 9.26. The number of hydrogen-bond donors (Lipinski definition) is 1. The Morgan fingerprint density at radius 1 is 1.12 bits per heavy atom. The van der Waals surface area contributed by atoms with Crippen LogP contribution >= 0.6 is 0 Å². The predicted molar refractivity (Wildman–Crippen MR) is 96.3 cm³/mol. The Bertz CT molecular complexity index is 1220. The van der Waals surface area contributed by atoms with Gasteiger partial charge in [0.15, 0.2) is 5.65 Å². The average molecular weight is 369 g/mol. The zero-order valence-corrected chi connectivity index (χ0v) is 14.6. The maximum Gasteiger partial charge on any atom is 0.238 e. The first-order chi connectivity index (χ1) is 12.5. The zero-order chi connectivity index (χ0) is 18.3. The maximum atomic E-state index is 11.4. The van der Waals surface area contributed by atoms with Gasteiger partial charge in [-0.1, -0.05) is 12.1 Å². The van der Waals surface area contributed by atoms with Crippen LogP contribution in [0, 0.1) is 0 Å². The van der Waals surface area contributed by atoms with Gasteiger partial charge in [-0.05, 0) is 23.8 Å². The van der Waals surface area contributed by atoms with E-state index in [9.17, 15) is 8.42 Å². The second-order valence-corrected chi connectivity index (χ2v) is 7.34. The van der Waals surface area contributed by atoms with Crippen LogP contribution in [0.1, 0.15) is 5.56 Å². The summed E-state index contributed by atoms with van der Waals surface area (Å²) in [5.41, 5.74) is 3.15. The van der Waals surface area contributed by atoms with Crippen LogP contribution < -0.4 is 9.88 Å². The number of hydrogen-bond acceptors (Lipinski definition) is 6. The van der Waals surface area contributed by atoms with Gasteiger partial charge in [-0.3, -0.25) is 0 Å². The number of aromatic nitrogens is 4. The van der Waals surface area contributed by atoms with Crippen LogP contribution in [-0.2, 0) is 16.6 Å². The summed E-state index contributed by atoms with van der Waals surface area (Å²) < 4.78 is 29.9. The van der Waals surface area contributed by atoms with Gasteiger partial charge < -0.3 is 9.30 Å². The summed E-state index contributed by atoms with van der Waals surface area (Å²) in [5, 5.41) is 6.00. The number of ether oxygens (including phenoxy) is 1. The molecule has 0 saturated heterocycles. The Balaban J connectivity index is 1.78. The van der Waals surface area contributed by atoms with E-state index >= 15 is 0 Å². The Hall–Kier alpha value is -3.04. The minimum Gasteiger partial charge on any atom is -0.481 e. The lowest BCUT2D eigenvalue weighted by Crippen LogP contribution is -2.12. The molecule has 0 atom stereocenters. The van der Waals surface area contributed by atoms with Crippen molar-refractivity contribution in [2.24, 2.45) is 5.14 Å². The molecule has 0 amide bonds. The van der Waals surface area contributed by atoms with E-state index in [1.807, 2.05) is 10.6 Å². The van der Waals surface area contributed by atoms with Crippen LogP contribution in [0.15, 0.2) is 53.8 Å². The van der Waals surface area contributed by atoms with Crippen molar-refractivity contribution in [2.75, 3.05) is 7.11 Å². The quantitative estimate of drug-likeness (QED) is 0.586. The minimum absolute atomic E-state index is 0.0858. The summed E-state index contributed by atoms with van der Waals surface area (Å²) in [7, 11) is -2.14. The fourth-order valence-corrected chi connectivity index (χ4v) is 3.35. The standard InChI is InChI=1S/C17H15N5O3S/c1-25-15-7-6-13-16-14(8-19-17(13)21-15)20-10-22(16)9-11-2-4-12(5-3-11)26(18,23)24/h2-8,10H,9H2,1H3,(H2,18,23,24). The third-order valence-electron chi connectivity index (χ3n) is 4.09. The van der Waals surface area contributed by atoms with Crippen molar-refractivity contribution < 1.29 is 13.2 Å². The third-order valence-corrected chi connectivity index (χ3v) is 5.02. The molecular formula is C17H15N5O3S. The molecule has 0 radical (unpaired) electrons. The van der Waals surface area contributed by atoms with Crippen LogP contribution in [-0.4, -0.2) is 35.0 Å². The minimum atomic E-state index is -3.70. The molecule has 2 N–H and O–H groups in total. The fourth-order valence-electron chi connectivity index (χ4n) is 2.84. The van der Waals surface area contributed by atoms with Gasteiger partial charge in [0.1, 0.15) is 5.52 Å². The molecule has 0 spiro atoms. The van der Waals surface area contributed by atoms with E-state index in [-0.39, 0.29) is 4.90 Å². The van der Waals surface area contributed by atoms with Gasteiger partial charge in [0.05, 0.1) is 30.0 Å². The number of nitrogens with two attached hydrogens (primary N) is 1. The maximum absolute atomic E-state index is 11.4. The van der Waals surface area contributed by atoms with E-state index < -0.39 is 10.0 Å². The summed E-state index contributed by atoms with van der Waals surface area (Å²) in [4.78, 5) is 13.2. The van der Waals surface area contributed by atoms with Gasteiger partial charge in [-0.2, -0.15) is 4.98 Å². The van der Waals surface area contributed by atoms with E-state index in [2.05, 4.69) is 15.0 Å². The lowest BCUT2D eigenvalue weighted by molar-refractivity contribution is 0.399. The van der Waals surface area contributed by atoms with Crippen molar-refractivity contribution in [3.8, 4) is 5.88 Å². The molecule has 9 heteroatoms. The highest BCUT2D eigenvalue weighted by Crippen LogP contribution is 2.24. The number of methoxy groups -OCH3 is 1. The summed E-state index contributed by atoms with van der Waals surface area (Å²) in [6.07, 6.45) is 3.40. The predicted octanol–water partition coefficient (Wildman–Crippen LogP) is 1.68. The lowest BCUT2D eigenvalue weighted by Gasteiger charge is -2.08. The zero-order valence-electron chi connectivity index (χ0n) is 13.8. The summed E-state index contributed by atoms with van der Waals surface area (Å²) in [6.45, 7) is 0.520. The van der Waals surface area contributed by atoms with Crippen molar-refractivity contribution in [3.05, 3.63) is 54.5 Å². The van der Waals surface area contributed by atoms with E-state index in [1.165, 1.54) is 12.1 Å². The van der Waals surface area contributed by atoms with Gasteiger partial charge in [0, 0.05) is 18.0 Å². The Morgan fingerprint density at radius 2 is 1.88 bits per heavy atom. The van der Waals surface area contributed by atoms with Crippen LogP contribution in [0.25, 0.3) is 22.1 Å². The molecule has 3 aromatic heterocycles. The van der Waals surface area contributed by atoms with Gasteiger partial charge in [-0.15, -0.1) is 0 Å². The van der Waals surface area contributed by atoms with Crippen LogP contribution in [0.5, 0.6) is 5.88 Å². The molecule has 3 heterocycles. The van der Waals surface area contributed by atoms with Crippen molar-refractivity contribution in [2.45, 2.75) is 11.4 Å². The molecule has 26 heavy (non-hydrogen) atoms. The SMILES string of the molecule is COc1ccc2c(ncc3ncn(Cc4ccc(S(N)(=O)=O)cc4)c32)n1. The molecular weight excluding hydrogens is 354 g/mol. The van der Waals surface area contributed by atoms with Gasteiger partial charge in [0.25, 0.3) is 0 Å². The van der Waals surface area contributed by atoms with Crippen molar-refractivity contribution in [1.29, 1.82) is 0 Å². The molecule has 4 rings (SSSR count). The van der Waals surface area contributed by atoms with E-state index in [4.69, 9.17) is 9.88 Å². The Morgan fingerprint density at radius 3 is 2.58 bits per heavy atom. The number of fused-ring (bicyclic) bond motifs is 3. The van der Waals surface area contributed by atoms with Crippen LogP contribution in [0.2, 0.25) is 0 Å². The molecule has 0 aliphatic carbocycles. The molecule has 8 nitrogen and oxygen atoms in total. The molecule has 0 saturated carbocycles. The number of sulfonamides is 1. The van der Waals surface area contributed by atoms with Gasteiger partial charge in [-0.25, -0.2) is 23.5 Å². The summed E-state index contributed by atoms with van der Waals surface area (Å²) in [5.74, 6) is 0.494. The van der Waals surface area contributed by atoms with E-state index in [0.29, 0.717) is 18.1 Å². The van der Waals surface area contributed by atoms with Crippen LogP contribution in [0.3, 0.4) is 0 Å². The molecule has 4 aromatic rings. The number of nitrogens with zero attached hydrogens (tertiary/aromatic N) is 4. The number of rotatable bonds is 4. The van der Waals surface area contributed by atoms with Crippen molar-refractivity contribution in [1.82, 2.24) is 19.5 Å². The highest BCUT2D eigenvalue weighted by molar-refractivity contribution is 7.89. The third kappa shape index (κ3) is 2.87. The summed E-state index contributed by atoms with van der Waals surface area (Å²) in [6, 6.07) is 10.1. The highest BCUT2D eigenvalue weighted by atomic mass is 32.2. The molecule has 0 bridgehead atoms.